The van der Waals surface area contributed by atoms with E-state index in [1.807, 2.05) is 43.4 Å². The van der Waals surface area contributed by atoms with Gasteiger partial charge in [-0.2, -0.15) is 4.68 Å². The fourth-order valence-electron chi connectivity index (χ4n) is 2.27. The molecule has 1 aromatic heterocycles. The fourth-order valence-corrected chi connectivity index (χ4v) is 3.11. The number of anilines is 2. The summed E-state index contributed by atoms with van der Waals surface area (Å²) in [5.74, 6) is 0.643. The maximum absolute atomic E-state index is 11.2. The summed E-state index contributed by atoms with van der Waals surface area (Å²) in [6.45, 7) is 1.48. The van der Waals surface area contributed by atoms with E-state index >= 15 is 0 Å². The van der Waals surface area contributed by atoms with Gasteiger partial charge in [-0.05, 0) is 46.3 Å². The number of nitrogens with one attached hydrogen (secondary N) is 2. The molecule has 3 aromatic rings. The summed E-state index contributed by atoms with van der Waals surface area (Å²) in [6, 6.07) is 15.6. The van der Waals surface area contributed by atoms with Crippen LogP contribution in [0.2, 0.25) is 0 Å². The number of aromatic nitrogens is 4. The highest BCUT2D eigenvalue weighted by Crippen LogP contribution is 2.24. The zero-order chi connectivity index (χ0) is 17.6. The zero-order valence-electron chi connectivity index (χ0n) is 13.9. The van der Waals surface area contributed by atoms with Gasteiger partial charge < -0.3 is 10.6 Å². The molecule has 0 bridgehead atoms. The van der Waals surface area contributed by atoms with Crippen LogP contribution in [0.1, 0.15) is 12.5 Å². The maximum atomic E-state index is 11.2. The SMILES string of the molecule is CNc1ccc(CSc2nnnn2-c2cccc(NC(C)=O)c2)cc1. The van der Waals surface area contributed by atoms with Gasteiger partial charge in [0.25, 0.3) is 0 Å². The summed E-state index contributed by atoms with van der Waals surface area (Å²) in [6.07, 6.45) is 0. The van der Waals surface area contributed by atoms with Crippen molar-refractivity contribution in [1.82, 2.24) is 20.2 Å². The summed E-state index contributed by atoms with van der Waals surface area (Å²) in [5.41, 5.74) is 3.77. The van der Waals surface area contributed by atoms with Crippen molar-refractivity contribution < 1.29 is 4.79 Å². The highest BCUT2D eigenvalue weighted by atomic mass is 32.2. The second-order valence-electron chi connectivity index (χ2n) is 5.34. The lowest BCUT2D eigenvalue weighted by Gasteiger charge is -2.07. The zero-order valence-corrected chi connectivity index (χ0v) is 14.7. The van der Waals surface area contributed by atoms with Crippen molar-refractivity contribution in [3.05, 3.63) is 54.1 Å². The molecule has 0 spiro atoms. The number of carbonyl (C=O) groups is 1. The maximum Gasteiger partial charge on any atom is 0.221 e. The quantitative estimate of drug-likeness (QED) is 0.662. The van der Waals surface area contributed by atoms with E-state index in [1.165, 1.54) is 12.5 Å². The van der Waals surface area contributed by atoms with Gasteiger partial charge in [0.05, 0.1) is 5.69 Å². The van der Waals surface area contributed by atoms with E-state index in [1.54, 1.807) is 16.4 Å². The molecule has 0 saturated heterocycles. The Labute approximate surface area is 149 Å². The van der Waals surface area contributed by atoms with Crippen LogP contribution in [0.4, 0.5) is 11.4 Å². The molecule has 3 rings (SSSR count). The minimum absolute atomic E-state index is 0.117. The summed E-state index contributed by atoms with van der Waals surface area (Å²) in [7, 11) is 1.90. The number of rotatable bonds is 6. The van der Waals surface area contributed by atoms with Crippen LogP contribution in [0.5, 0.6) is 0 Å². The molecule has 0 aliphatic heterocycles. The Hall–Kier alpha value is -2.87. The Morgan fingerprint density at radius 2 is 1.96 bits per heavy atom. The number of nitrogens with zero attached hydrogens (tertiary/aromatic N) is 4. The third-order valence-electron chi connectivity index (χ3n) is 3.46. The molecule has 0 radical (unpaired) electrons. The average Bonchev–Trinajstić information content (AvgIpc) is 3.08. The number of hydrogen-bond acceptors (Lipinski definition) is 6. The van der Waals surface area contributed by atoms with Crippen molar-refractivity contribution in [2.75, 3.05) is 17.7 Å². The van der Waals surface area contributed by atoms with Crippen molar-refractivity contribution in [3.8, 4) is 5.69 Å². The van der Waals surface area contributed by atoms with Crippen molar-refractivity contribution in [2.24, 2.45) is 0 Å². The van der Waals surface area contributed by atoms with Crippen LogP contribution in [-0.4, -0.2) is 33.2 Å². The molecule has 1 amide bonds. The molecule has 0 aliphatic rings. The van der Waals surface area contributed by atoms with Gasteiger partial charge in [-0.25, -0.2) is 0 Å². The van der Waals surface area contributed by atoms with Crippen molar-refractivity contribution in [2.45, 2.75) is 17.8 Å². The summed E-state index contributed by atoms with van der Waals surface area (Å²) in [5, 5.41) is 18.5. The van der Waals surface area contributed by atoms with Gasteiger partial charge in [0, 0.05) is 31.1 Å². The van der Waals surface area contributed by atoms with Crippen molar-refractivity contribution >= 4 is 29.0 Å². The monoisotopic (exact) mass is 354 g/mol. The molecule has 7 nitrogen and oxygen atoms in total. The largest absolute Gasteiger partial charge is 0.388 e. The molecule has 0 atom stereocenters. The molecule has 0 saturated carbocycles. The van der Waals surface area contributed by atoms with Crippen LogP contribution in [0, 0.1) is 0 Å². The van der Waals surface area contributed by atoms with E-state index < -0.39 is 0 Å². The Morgan fingerprint density at radius 1 is 1.16 bits per heavy atom. The topological polar surface area (TPSA) is 84.7 Å². The Balaban J connectivity index is 1.75. The standard InChI is InChI=1S/C17H18N6OS/c1-12(24)19-15-4-3-5-16(10-15)23-17(20-21-22-23)25-11-13-6-8-14(18-2)9-7-13/h3-10,18H,11H2,1-2H3,(H,19,24). The van der Waals surface area contributed by atoms with Gasteiger partial charge in [0.2, 0.25) is 11.1 Å². The molecular formula is C17H18N6OS. The third kappa shape index (κ3) is 4.36. The first-order valence-corrected chi connectivity index (χ1v) is 8.70. The predicted octanol–water partition coefficient (Wildman–Crippen LogP) is 2.95. The Kier molecular flexibility index (Phi) is 5.30. The second kappa shape index (κ2) is 7.80. The van der Waals surface area contributed by atoms with E-state index in [0.717, 1.165) is 17.1 Å². The second-order valence-corrected chi connectivity index (χ2v) is 6.28. The minimum atomic E-state index is -0.117. The lowest BCUT2D eigenvalue weighted by molar-refractivity contribution is -0.114. The van der Waals surface area contributed by atoms with Gasteiger partial charge in [-0.1, -0.05) is 30.0 Å². The van der Waals surface area contributed by atoms with E-state index in [0.29, 0.717) is 10.8 Å². The third-order valence-corrected chi connectivity index (χ3v) is 4.45. The first-order chi connectivity index (χ1) is 12.2. The molecule has 2 aromatic carbocycles. The lowest BCUT2D eigenvalue weighted by Crippen LogP contribution is -2.07. The molecule has 1 heterocycles. The van der Waals surface area contributed by atoms with E-state index in [2.05, 4.69) is 38.3 Å². The van der Waals surface area contributed by atoms with Crippen molar-refractivity contribution in [1.29, 1.82) is 0 Å². The molecule has 25 heavy (non-hydrogen) atoms. The number of tetrazole rings is 1. The van der Waals surface area contributed by atoms with Gasteiger partial charge in [-0.15, -0.1) is 5.10 Å². The molecule has 2 N–H and O–H groups in total. The molecule has 0 fully saturated rings. The number of amides is 1. The Morgan fingerprint density at radius 3 is 2.68 bits per heavy atom. The predicted molar refractivity (Wildman–Crippen MR) is 99.0 cm³/mol. The summed E-state index contributed by atoms with van der Waals surface area (Å²) >= 11 is 1.55. The summed E-state index contributed by atoms with van der Waals surface area (Å²) < 4.78 is 1.66. The normalized spacial score (nSPS) is 10.5. The van der Waals surface area contributed by atoms with Gasteiger partial charge >= 0.3 is 0 Å². The first kappa shape index (κ1) is 17.0. The summed E-state index contributed by atoms with van der Waals surface area (Å²) in [4.78, 5) is 11.2. The lowest BCUT2D eigenvalue weighted by atomic mass is 10.2. The fraction of sp³-hybridized carbons (Fsp3) is 0.176. The molecule has 8 heteroatoms. The van der Waals surface area contributed by atoms with Gasteiger partial charge in [0.1, 0.15) is 0 Å². The van der Waals surface area contributed by atoms with Crippen LogP contribution >= 0.6 is 11.8 Å². The Bertz CT molecular complexity index is 862. The van der Waals surface area contributed by atoms with E-state index in [-0.39, 0.29) is 5.91 Å². The van der Waals surface area contributed by atoms with Crippen LogP contribution in [0.3, 0.4) is 0 Å². The molecule has 0 aliphatic carbocycles. The van der Waals surface area contributed by atoms with Crippen LogP contribution in [-0.2, 0) is 10.5 Å². The highest BCUT2D eigenvalue weighted by molar-refractivity contribution is 7.98. The van der Waals surface area contributed by atoms with Crippen molar-refractivity contribution in [3.63, 3.8) is 0 Å². The van der Waals surface area contributed by atoms with Crippen LogP contribution in [0.15, 0.2) is 53.7 Å². The number of benzene rings is 2. The molecule has 0 unspecified atom stereocenters. The van der Waals surface area contributed by atoms with Gasteiger partial charge in [0.15, 0.2) is 0 Å². The van der Waals surface area contributed by atoms with E-state index in [4.69, 9.17) is 0 Å². The minimum Gasteiger partial charge on any atom is -0.388 e. The number of hydrogen-bond donors (Lipinski definition) is 2. The average molecular weight is 354 g/mol. The van der Waals surface area contributed by atoms with E-state index in [9.17, 15) is 4.79 Å². The number of thioether (sulfide) groups is 1. The van der Waals surface area contributed by atoms with Crippen LogP contribution < -0.4 is 10.6 Å². The molecular weight excluding hydrogens is 336 g/mol. The first-order valence-electron chi connectivity index (χ1n) is 7.71. The highest BCUT2D eigenvalue weighted by Gasteiger charge is 2.10. The molecule has 128 valence electrons. The number of carbonyl (C=O) groups excluding carboxylic acids is 1. The smallest absolute Gasteiger partial charge is 0.221 e. The van der Waals surface area contributed by atoms with Crippen LogP contribution in [0.25, 0.3) is 5.69 Å². The van der Waals surface area contributed by atoms with Gasteiger partial charge in [-0.3, -0.25) is 4.79 Å².